The standard InChI is InChI=1S/C27H27N3O2.C16H19N3O3/c1-2-32-27(31)30-17-16-23-22(18-30)21-14-9-15-24(26(21)28-23)29-25(19-10-5-3-6-11-19)20-12-7-4-8-13-20;1-2-22-16(21)18-7-6-13-11(8-18)10-4-3-5-12-15(10)19(13)9-14(20)17-12/h3-15,22-23,28H,2,16-18H2,1H3;3-5,11,13H,2,6-9H2,1H3,(H,17,20)/t22-,23-;11-,13-/m00/s1. The molecule has 11 nitrogen and oxygen atoms in total. The summed E-state index contributed by atoms with van der Waals surface area (Å²) in [5, 5.41) is 6.67. The normalized spacial score (nSPS) is 21.5. The van der Waals surface area contributed by atoms with Gasteiger partial charge in [-0.15, -0.1) is 0 Å². The molecule has 5 aliphatic rings. The number of likely N-dealkylation sites (tertiary alicyclic amines) is 2. The summed E-state index contributed by atoms with van der Waals surface area (Å²) in [6.45, 7) is 7.59. The van der Waals surface area contributed by atoms with Crippen molar-refractivity contribution in [2.45, 2.75) is 50.6 Å². The Morgan fingerprint density at radius 3 is 2.02 bits per heavy atom. The number of rotatable bonds is 5. The van der Waals surface area contributed by atoms with Gasteiger partial charge in [0.2, 0.25) is 5.91 Å². The fraction of sp³-hybridized carbons (Fsp3) is 0.349. The summed E-state index contributed by atoms with van der Waals surface area (Å²) < 4.78 is 10.4. The van der Waals surface area contributed by atoms with Crippen molar-refractivity contribution in [1.29, 1.82) is 0 Å². The Bertz CT molecular complexity index is 2010. The Labute approximate surface area is 315 Å². The van der Waals surface area contributed by atoms with Crippen molar-refractivity contribution in [3.8, 4) is 0 Å². The minimum absolute atomic E-state index is 0.0399. The van der Waals surface area contributed by atoms with Gasteiger partial charge in [-0.25, -0.2) is 14.6 Å². The van der Waals surface area contributed by atoms with E-state index in [1.165, 1.54) is 11.1 Å². The second-order valence-corrected chi connectivity index (χ2v) is 14.3. The van der Waals surface area contributed by atoms with Crippen LogP contribution >= 0.6 is 0 Å². The number of piperidine rings is 2. The number of benzene rings is 4. The van der Waals surface area contributed by atoms with Crippen LogP contribution in [0.2, 0.25) is 0 Å². The van der Waals surface area contributed by atoms with Crippen molar-refractivity contribution in [2.24, 2.45) is 4.99 Å². The van der Waals surface area contributed by atoms with Gasteiger partial charge in [0.25, 0.3) is 0 Å². The van der Waals surface area contributed by atoms with Crippen LogP contribution in [0.25, 0.3) is 0 Å². The van der Waals surface area contributed by atoms with Crippen molar-refractivity contribution in [1.82, 2.24) is 9.80 Å². The molecule has 11 heteroatoms. The molecule has 0 aliphatic carbocycles. The first-order chi connectivity index (χ1) is 26.4. The number of carbonyl (C=O) groups is 3. The van der Waals surface area contributed by atoms with Crippen molar-refractivity contribution < 1.29 is 23.9 Å². The molecule has 0 saturated carbocycles. The Morgan fingerprint density at radius 1 is 0.741 bits per heavy atom. The summed E-state index contributed by atoms with van der Waals surface area (Å²) in [5.41, 5.74) is 9.63. The summed E-state index contributed by atoms with van der Waals surface area (Å²) in [6.07, 6.45) is 1.31. The molecule has 0 spiro atoms. The van der Waals surface area contributed by atoms with E-state index in [4.69, 9.17) is 14.5 Å². The van der Waals surface area contributed by atoms with Gasteiger partial charge in [-0.05, 0) is 49.9 Å². The number of aliphatic imine (C=N–C) groups is 1. The maximum atomic E-state index is 12.3. The largest absolute Gasteiger partial charge is 0.450 e. The van der Waals surface area contributed by atoms with Gasteiger partial charge in [0.05, 0.1) is 48.2 Å². The van der Waals surface area contributed by atoms with Crippen LogP contribution in [-0.2, 0) is 14.3 Å². The number of anilines is 3. The van der Waals surface area contributed by atoms with Crippen LogP contribution < -0.4 is 15.5 Å². The first kappa shape index (κ1) is 35.2. The Hall–Kier alpha value is -5.84. The maximum Gasteiger partial charge on any atom is 0.409 e. The van der Waals surface area contributed by atoms with Crippen LogP contribution in [0.4, 0.5) is 32.3 Å². The molecule has 3 amide bonds. The molecule has 54 heavy (non-hydrogen) atoms. The molecule has 278 valence electrons. The highest BCUT2D eigenvalue weighted by Crippen LogP contribution is 2.49. The Kier molecular flexibility index (Phi) is 9.95. The molecule has 4 atom stereocenters. The van der Waals surface area contributed by atoms with Crippen LogP contribution in [0.3, 0.4) is 0 Å². The number of nitrogens with zero attached hydrogens (tertiary/aromatic N) is 4. The van der Waals surface area contributed by atoms with Crippen molar-refractivity contribution in [2.75, 3.05) is 61.5 Å². The Morgan fingerprint density at radius 2 is 1.35 bits per heavy atom. The number of fused-ring (bicyclic) bond motifs is 6. The highest BCUT2D eigenvalue weighted by molar-refractivity contribution is 6.14. The van der Waals surface area contributed by atoms with E-state index >= 15 is 0 Å². The summed E-state index contributed by atoms with van der Waals surface area (Å²) >= 11 is 0. The molecule has 2 saturated heterocycles. The third kappa shape index (κ3) is 6.74. The summed E-state index contributed by atoms with van der Waals surface area (Å²) in [6, 6.07) is 33.5. The zero-order valence-electron chi connectivity index (χ0n) is 30.7. The first-order valence-corrected chi connectivity index (χ1v) is 19.0. The molecule has 0 radical (unpaired) electrons. The van der Waals surface area contributed by atoms with E-state index in [2.05, 4.69) is 64.1 Å². The van der Waals surface area contributed by atoms with E-state index in [0.29, 0.717) is 58.0 Å². The van der Waals surface area contributed by atoms with E-state index < -0.39 is 0 Å². The van der Waals surface area contributed by atoms with Crippen molar-refractivity contribution in [3.63, 3.8) is 0 Å². The minimum Gasteiger partial charge on any atom is -0.450 e. The number of carbonyl (C=O) groups excluding carboxylic acids is 3. The molecule has 5 aliphatic heterocycles. The second-order valence-electron chi connectivity index (χ2n) is 14.3. The lowest BCUT2D eigenvalue weighted by Crippen LogP contribution is -2.50. The molecule has 2 N–H and O–H groups in total. The zero-order chi connectivity index (χ0) is 37.2. The predicted molar refractivity (Wildman–Crippen MR) is 210 cm³/mol. The van der Waals surface area contributed by atoms with Gasteiger partial charge >= 0.3 is 12.2 Å². The van der Waals surface area contributed by atoms with Gasteiger partial charge in [-0.1, -0.05) is 84.9 Å². The van der Waals surface area contributed by atoms with E-state index in [-0.39, 0.29) is 29.9 Å². The third-order valence-corrected chi connectivity index (χ3v) is 11.1. The fourth-order valence-corrected chi connectivity index (χ4v) is 8.72. The van der Waals surface area contributed by atoms with Gasteiger partial charge in [-0.3, -0.25) is 4.79 Å². The summed E-state index contributed by atoms with van der Waals surface area (Å²) in [4.78, 5) is 47.2. The number of amides is 3. The third-order valence-electron chi connectivity index (χ3n) is 11.1. The van der Waals surface area contributed by atoms with Crippen LogP contribution in [0, 0.1) is 0 Å². The highest BCUT2D eigenvalue weighted by atomic mass is 16.6. The average molecular weight is 727 g/mol. The lowest BCUT2D eigenvalue weighted by molar-refractivity contribution is -0.115. The quantitative estimate of drug-likeness (QED) is 0.207. The van der Waals surface area contributed by atoms with E-state index in [0.717, 1.165) is 52.4 Å². The lowest BCUT2D eigenvalue weighted by Gasteiger charge is -2.39. The smallest absolute Gasteiger partial charge is 0.409 e. The van der Waals surface area contributed by atoms with Crippen LogP contribution in [0.1, 0.15) is 60.8 Å². The average Bonchev–Trinajstić information content (AvgIpc) is 3.74. The zero-order valence-corrected chi connectivity index (χ0v) is 30.7. The van der Waals surface area contributed by atoms with Gasteiger partial charge in [0.1, 0.15) is 0 Å². The molecule has 0 bridgehead atoms. The summed E-state index contributed by atoms with van der Waals surface area (Å²) in [5.74, 6) is 0.536. The number of hydrogen-bond acceptors (Lipinski definition) is 8. The van der Waals surface area contributed by atoms with Crippen molar-refractivity contribution >= 4 is 46.6 Å². The fourth-order valence-electron chi connectivity index (χ4n) is 8.72. The number of ether oxygens (including phenoxy) is 2. The van der Waals surface area contributed by atoms with Gasteiger partial charge in [0.15, 0.2) is 0 Å². The number of hydrogen-bond donors (Lipinski definition) is 2. The van der Waals surface area contributed by atoms with Gasteiger partial charge in [-0.2, -0.15) is 0 Å². The van der Waals surface area contributed by atoms with Crippen LogP contribution in [0.15, 0.2) is 102 Å². The molecule has 4 aromatic carbocycles. The Balaban J connectivity index is 0.000000164. The van der Waals surface area contributed by atoms with E-state index in [1.54, 1.807) is 4.90 Å². The molecule has 0 unspecified atom stereocenters. The van der Waals surface area contributed by atoms with E-state index in [1.807, 2.05) is 67.3 Å². The molecule has 0 aromatic heterocycles. The lowest BCUT2D eigenvalue weighted by atomic mass is 9.89. The summed E-state index contributed by atoms with van der Waals surface area (Å²) in [7, 11) is 0. The molecule has 9 rings (SSSR count). The topological polar surface area (TPSA) is 116 Å². The molecule has 2 fully saturated rings. The highest BCUT2D eigenvalue weighted by Gasteiger charge is 2.46. The second kappa shape index (κ2) is 15.3. The van der Waals surface area contributed by atoms with Crippen molar-refractivity contribution in [3.05, 3.63) is 119 Å². The van der Waals surface area contributed by atoms with Gasteiger partial charge < -0.3 is 34.8 Å². The predicted octanol–water partition coefficient (Wildman–Crippen LogP) is 7.37. The van der Waals surface area contributed by atoms with E-state index in [9.17, 15) is 14.4 Å². The van der Waals surface area contributed by atoms with Crippen LogP contribution in [0.5, 0.6) is 0 Å². The monoisotopic (exact) mass is 726 g/mol. The maximum absolute atomic E-state index is 12.3. The molecule has 4 aromatic rings. The first-order valence-electron chi connectivity index (χ1n) is 19.0. The SMILES string of the molecule is CCOC(=O)N1CC[C@@H]2Nc3c(N=C(c4ccccc4)c4ccccc4)cccc3[C@@H]2C1.CCOC(=O)N1CC[C@H]2[C@@H](C1)c1cccc3c1N2CC(=O)N3. The van der Waals surface area contributed by atoms with Gasteiger partial charge in [0, 0.05) is 61.2 Å². The molecule has 5 heterocycles. The molecular weight excluding hydrogens is 681 g/mol. The molecular formula is C43H46N6O5. The number of para-hydroxylation sites is 2. The minimum atomic E-state index is -0.235. The number of nitrogens with one attached hydrogen (secondary N) is 2. The van der Waals surface area contributed by atoms with Crippen LogP contribution in [-0.4, -0.2) is 91.6 Å².